The van der Waals surface area contributed by atoms with Crippen LogP contribution in [0.25, 0.3) is 11.5 Å². The molecule has 1 N–H and O–H groups in total. The average Bonchev–Trinajstić information content (AvgIpc) is 2.46. The maximum atomic E-state index is 5.13. The molecule has 0 radical (unpaired) electrons. The lowest BCUT2D eigenvalue weighted by molar-refractivity contribution is 0.397. The van der Waals surface area contributed by atoms with E-state index in [1.165, 1.54) is 6.33 Å². The van der Waals surface area contributed by atoms with Gasteiger partial charge < -0.3 is 10.1 Å². The largest absolute Gasteiger partial charge is 0.481 e. The minimum atomic E-state index is -0.0705. The first kappa shape index (κ1) is 15.2. The summed E-state index contributed by atoms with van der Waals surface area (Å²) in [5.41, 5.74) is 1.53. The van der Waals surface area contributed by atoms with Crippen LogP contribution in [-0.2, 0) is 5.41 Å². The van der Waals surface area contributed by atoms with Crippen LogP contribution in [0, 0.1) is 0 Å². The van der Waals surface area contributed by atoms with Crippen molar-refractivity contribution < 1.29 is 4.74 Å². The molecular formula is C15H21N5O. The van der Waals surface area contributed by atoms with Gasteiger partial charge in [0.2, 0.25) is 5.88 Å². The van der Waals surface area contributed by atoms with Crippen LogP contribution in [0.5, 0.6) is 5.88 Å². The van der Waals surface area contributed by atoms with E-state index in [-0.39, 0.29) is 5.41 Å². The molecule has 0 aliphatic rings. The quantitative estimate of drug-likeness (QED) is 0.932. The molecule has 0 saturated heterocycles. The van der Waals surface area contributed by atoms with Gasteiger partial charge in [0.1, 0.15) is 17.8 Å². The van der Waals surface area contributed by atoms with Gasteiger partial charge >= 0.3 is 0 Å². The van der Waals surface area contributed by atoms with Crippen LogP contribution in [0.3, 0.4) is 0 Å². The fourth-order valence-corrected chi connectivity index (χ4v) is 1.79. The van der Waals surface area contributed by atoms with Gasteiger partial charge in [-0.1, -0.05) is 20.8 Å². The van der Waals surface area contributed by atoms with Crippen LogP contribution < -0.4 is 10.1 Å². The lowest BCUT2D eigenvalue weighted by Crippen LogP contribution is -2.16. The Balaban J connectivity index is 2.53. The number of methoxy groups -OCH3 is 1. The Hall–Kier alpha value is -2.24. The first-order valence-corrected chi connectivity index (χ1v) is 6.94. The van der Waals surface area contributed by atoms with Crippen LogP contribution in [-0.4, -0.2) is 33.6 Å². The summed E-state index contributed by atoms with van der Waals surface area (Å²) in [7, 11) is 1.57. The van der Waals surface area contributed by atoms with E-state index in [0.29, 0.717) is 17.4 Å². The van der Waals surface area contributed by atoms with Crippen molar-refractivity contribution in [3.63, 3.8) is 0 Å². The summed E-state index contributed by atoms with van der Waals surface area (Å²) >= 11 is 0. The summed E-state index contributed by atoms with van der Waals surface area (Å²) in [4.78, 5) is 17.4. The first-order chi connectivity index (χ1) is 9.94. The highest BCUT2D eigenvalue weighted by Crippen LogP contribution is 2.25. The molecule has 0 saturated carbocycles. The zero-order valence-electron chi connectivity index (χ0n) is 13.1. The molecule has 0 spiro atoms. The van der Waals surface area contributed by atoms with Crippen molar-refractivity contribution in [1.82, 2.24) is 19.9 Å². The molecule has 0 aliphatic heterocycles. The molecule has 21 heavy (non-hydrogen) atoms. The second kappa shape index (κ2) is 6.03. The van der Waals surface area contributed by atoms with Crippen molar-refractivity contribution in [2.45, 2.75) is 33.1 Å². The van der Waals surface area contributed by atoms with E-state index < -0.39 is 0 Å². The van der Waals surface area contributed by atoms with Gasteiger partial charge in [0, 0.05) is 24.1 Å². The van der Waals surface area contributed by atoms with E-state index in [0.717, 1.165) is 18.1 Å². The number of anilines is 1. The van der Waals surface area contributed by atoms with E-state index in [1.807, 2.05) is 13.0 Å². The van der Waals surface area contributed by atoms with Crippen LogP contribution in [0.2, 0.25) is 0 Å². The number of rotatable bonds is 4. The SMILES string of the molecule is CCNc1cc(C(C)(C)C)nc(-c2cc(OC)ncn2)n1. The molecule has 0 aliphatic carbocycles. The van der Waals surface area contributed by atoms with Crippen LogP contribution in [0.4, 0.5) is 5.82 Å². The van der Waals surface area contributed by atoms with E-state index in [4.69, 9.17) is 4.74 Å². The molecule has 0 fully saturated rings. The molecule has 0 aromatic carbocycles. The van der Waals surface area contributed by atoms with Crippen molar-refractivity contribution in [2.24, 2.45) is 0 Å². The summed E-state index contributed by atoms with van der Waals surface area (Å²) in [5, 5.41) is 3.23. The van der Waals surface area contributed by atoms with Gasteiger partial charge in [-0.15, -0.1) is 0 Å². The summed E-state index contributed by atoms with van der Waals surface area (Å²) in [6.07, 6.45) is 1.45. The van der Waals surface area contributed by atoms with Gasteiger partial charge in [-0.3, -0.25) is 0 Å². The lowest BCUT2D eigenvalue weighted by Gasteiger charge is -2.19. The highest BCUT2D eigenvalue weighted by Gasteiger charge is 2.19. The predicted octanol–water partition coefficient (Wildman–Crippen LogP) is 2.67. The normalized spacial score (nSPS) is 11.3. The summed E-state index contributed by atoms with van der Waals surface area (Å²) in [6, 6.07) is 3.71. The number of nitrogens with zero attached hydrogens (tertiary/aromatic N) is 4. The number of ether oxygens (including phenoxy) is 1. The molecule has 2 heterocycles. The second-order valence-electron chi connectivity index (χ2n) is 5.69. The molecule has 0 amide bonds. The average molecular weight is 287 g/mol. The molecule has 2 aromatic rings. The van der Waals surface area contributed by atoms with E-state index in [1.54, 1.807) is 13.2 Å². The van der Waals surface area contributed by atoms with Crippen molar-refractivity contribution in [3.05, 3.63) is 24.2 Å². The van der Waals surface area contributed by atoms with Gasteiger partial charge in [0.25, 0.3) is 0 Å². The minimum absolute atomic E-state index is 0.0705. The third kappa shape index (κ3) is 3.65. The Morgan fingerprint density at radius 3 is 2.52 bits per heavy atom. The van der Waals surface area contributed by atoms with E-state index in [9.17, 15) is 0 Å². The molecule has 0 bridgehead atoms. The Kier molecular flexibility index (Phi) is 4.35. The van der Waals surface area contributed by atoms with Crippen LogP contribution in [0.1, 0.15) is 33.4 Å². The monoisotopic (exact) mass is 287 g/mol. The molecular weight excluding hydrogens is 266 g/mol. The smallest absolute Gasteiger partial charge is 0.216 e. The summed E-state index contributed by atoms with van der Waals surface area (Å²) < 4.78 is 5.13. The molecule has 6 heteroatoms. The fraction of sp³-hybridized carbons (Fsp3) is 0.467. The van der Waals surface area contributed by atoms with Gasteiger partial charge in [-0.2, -0.15) is 0 Å². The molecule has 112 valence electrons. The zero-order valence-corrected chi connectivity index (χ0v) is 13.1. The van der Waals surface area contributed by atoms with Crippen molar-refractivity contribution in [2.75, 3.05) is 19.0 Å². The number of hydrogen-bond donors (Lipinski definition) is 1. The topological polar surface area (TPSA) is 72.8 Å². The highest BCUT2D eigenvalue weighted by molar-refractivity contribution is 5.54. The lowest BCUT2D eigenvalue weighted by atomic mass is 9.92. The maximum Gasteiger partial charge on any atom is 0.216 e. The molecule has 2 aromatic heterocycles. The van der Waals surface area contributed by atoms with E-state index in [2.05, 4.69) is 46.0 Å². The highest BCUT2D eigenvalue weighted by atomic mass is 16.5. The molecule has 2 rings (SSSR count). The van der Waals surface area contributed by atoms with Crippen LogP contribution in [0.15, 0.2) is 18.5 Å². The third-order valence-corrected chi connectivity index (χ3v) is 2.93. The summed E-state index contributed by atoms with van der Waals surface area (Å²) in [6.45, 7) is 9.19. The van der Waals surface area contributed by atoms with Gasteiger partial charge in [0.15, 0.2) is 5.82 Å². The number of hydrogen-bond acceptors (Lipinski definition) is 6. The minimum Gasteiger partial charge on any atom is -0.481 e. The zero-order chi connectivity index (χ0) is 15.5. The first-order valence-electron chi connectivity index (χ1n) is 6.94. The Morgan fingerprint density at radius 2 is 1.90 bits per heavy atom. The molecule has 0 atom stereocenters. The summed E-state index contributed by atoms with van der Waals surface area (Å²) in [5.74, 6) is 1.86. The fourth-order valence-electron chi connectivity index (χ4n) is 1.79. The predicted molar refractivity (Wildman–Crippen MR) is 82.5 cm³/mol. The molecule has 6 nitrogen and oxygen atoms in total. The van der Waals surface area contributed by atoms with Crippen molar-refractivity contribution >= 4 is 5.82 Å². The van der Waals surface area contributed by atoms with Crippen LogP contribution >= 0.6 is 0 Å². The Bertz CT molecular complexity index is 622. The third-order valence-electron chi connectivity index (χ3n) is 2.93. The number of nitrogens with one attached hydrogen (secondary N) is 1. The van der Waals surface area contributed by atoms with Gasteiger partial charge in [-0.25, -0.2) is 19.9 Å². The Morgan fingerprint density at radius 1 is 1.14 bits per heavy atom. The standard InChI is InChI=1S/C15H21N5O/c1-6-16-12-8-11(15(2,3)4)19-14(20-12)10-7-13(21-5)18-9-17-10/h7-9H,6H2,1-5H3,(H,16,19,20). The van der Waals surface area contributed by atoms with Crippen molar-refractivity contribution in [3.8, 4) is 17.4 Å². The number of aromatic nitrogens is 4. The van der Waals surface area contributed by atoms with Gasteiger partial charge in [0.05, 0.1) is 12.8 Å². The van der Waals surface area contributed by atoms with E-state index >= 15 is 0 Å². The second-order valence-corrected chi connectivity index (χ2v) is 5.69. The molecule has 0 unspecified atom stereocenters. The van der Waals surface area contributed by atoms with Gasteiger partial charge in [-0.05, 0) is 6.92 Å². The maximum absolute atomic E-state index is 5.13. The Labute approximate surface area is 125 Å². The van der Waals surface area contributed by atoms with Crippen molar-refractivity contribution in [1.29, 1.82) is 0 Å².